The van der Waals surface area contributed by atoms with Crippen LogP contribution >= 0.6 is 23.5 Å². The third-order valence-electron chi connectivity index (χ3n) is 5.86. The molecule has 1 N–H and O–H groups in total. The predicted octanol–water partition coefficient (Wildman–Crippen LogP) is 6.07. The van der Waals surface area contributed by atoms with Crippen molar-refractivity contribution in [2.75, 3.05) is 11.5 Å². The zero-order valence-corrected chi connectivity index (χ0v) is 22.4. The number of thioether (sulfide) groups is 2. The maximum atomic E-state index is 5.12. The molecule has 3 aromatic heterocycles. The lowest BCUT2D eigenvalue weighted by atomic mass is 9.95. The topological polar surface area (TPSA) is 98.1 Å². The van der Waals surface area contributed by atoms with Gasteiger partial charge in [-0.05, 0) is 33.4 Å². The Labute approximate surface area is 218 Å². The molecule has 184 valence electrons. The summed E-state index contributed by atoms with van der Waals surface area (Å²) < 4.78 is 2.34. The Morgan fingerprint density at radius 2 is 1.50 bits per heavy atom. The first-order chi connectivity index (χ1) is 17.6. The van der Waals surface area contributed by atoms with Gasteiger partial charge in [-0.1, -0.05) is 76.2 Å². The molecule has 0 amide bonds. The summed E-state index contributed by atoms with van der Waals surface area (Å²) in [4.78, 5) is 5.12. The summed E-state index contributed by atoms with van der Waals surface area (Å²) in [6.07, 6.45) is 0. The van der Waals surface area contributed by atoms with Crippen LogP contribution in [0.2, 0.25) is 0 Å². The Morgan fingerprint density at radius 1 is 0.833 bits per heavy atom. The SMILES string of the molecule is CCSc1nnc(SCC)c2c1nc(C(C)C)n2Cc1ccccc1-c1ccccc1-c1nn[nH]n1. The van der Waals surface area contributed by atoms with Crippen LogP contribution in [0.4, 0.5) is 0 Å². The van der Waals surface area contributed by atoms with E-state index in [0.717, 1.165) is 55.1 Å². The highest BCUT2D eigenvalue weighted by molar-refractivity contribution is 7.99. The van der Waals surface area contributed by atoms with E-state index >= 15 is 0 Å². The summed E-state index contributed by atoms with van der Waals surface area (Å²) in [6, 6.07) is 16.7. The largest absolute Gasteiger partial charge is 0.321 e. The Hall–Kier alpha value is -3.24. The average molecular weight is 517 g/mol. The Morgan fingerprint density at radius 3 is 2.19 bits per heavy atom. The molecule has 36 heavy (non-hydrogen) atoms. The zero-order chi connectivity index (χ0) is 25.1. The maximum Gasteiger partial charge on any atom is 0.205 e. The third kappa shape index (κ3) is 4.62. The van der Waals surface area contributed by atoms with E-state index in [4.69, 9.17) is 4.98 Å². The monoisotopic (exact) mass is 516 g/mol. The molecule has 8 nitrogen and oxygen atoms in total. The molecule has 0 unspecified atom stereocenters. The van der Waals surface area contributed by atoms with E-state index < -0.39 is 0 Å². The molecule has 0 fully saturated rings. The smallest absolute Gasteiger partial charge is 0.205 e. The van der Waals surface area contributed by atoms with Gasteiger partial charge in [-0.2, -0.15) is 5.21 Å². The van der Waals surface area contributed by atoms with Gasteiger partial charge in [0, 0.05) is 11.5 Å². The van der Waals surface area contributed by atoms with E-state index in [1.165, 1.54) is 5.56 Å². The molecule has 10 heteroatoms. The van der Waals surface area contributed by atoms with Crippen LogP contribution in [0.15, 0.2) is 58.6 Å². The summed E-state index contributed by atoms with van der Waals surface area (Å²) in [7, 11) is 0. The molecule has 0 spiro atoms. The number of tetrazole rings is 1. The van der Waals surface area contributed by atoms with E-state index in [1.807, 2.05) is 18.2 Å². The Balaban J connectivity index is 1.70. The van der Waals surface area contributed by atoms with Crippen molar-refractivity contribution in [2.24, 2.45) is 0 Å². The molecule has 0 aliphatic carbocycles. The van der Waals surface area contributed by atoms with Gasteiger partial charge in [0.25, 0.3) is 0 Å². The van der Waals surface area contributed by atoms with E-state index in [2.05, 4.69) is 93.4 Å². The first-order valence-corrected chi connectivity index (χ1v) is 14.0. The summed E-state index contributed by atoms with van der Waals surface area (Å²) in [5, 5.41) is 25.8. The van der Waals surface area contributed by atoms with Crippen molar-refractivity contribution in [3.63, 3.8) is 0 Å². The summed E-state index contributed by atoms with van der Waals surface area (Å²) in [6.45, 7) is 9.32. The van der Waals surface area contributed by atoms with Gasteiger partial charge in [-0.3, -0.25) is 0 Å². The van der Waals surface area contributed by atoms with Crippen LogP contribution in [0.5, 0.6) is 0 Å². The number of fused-ring (bicyclic) bond motifs is 1. The quantitative estimate of drug-likeness (QED) is 0.236. The van der Waals surface area contributed by atoms with Gasteiger partial charge in [0.1, 0.15) is 26.9 Å². The number of H-pyrrole nitrogens is 1. The van der Waals surface area contributed by atoms with Crippen LogP contribution in [-0.4, -0.2) is 51.9 Å². The van der Waals surface area contributed by atoms with Crippen LogP contribution in [0.25, 0.3) is 33.5 Å². The van der Waals surface area contributed by atoms with Crippen LogP contribution in [0, 0.1) is 0 Å². The number of nitrogens with zero attached hydrogens (tertiary/aromatic N) is 7. The molecular weight excluding hydrogens is 488 g/mol. The van der Waals surface area contributed by atoms with E-state index in [9.17, 15) is 0 Å². The molecule has 0 saturated heterocycles. The second-order valence-electron chi connectivity index (χ2n) is 8.52. The number of hydrogen-bond acceptors (Lipinski definition) is 8. The molecule has 0 atom stereocenters. The van der Waals surface area contributed by atoms with Crippen LogP contribution in [-0.2, 0) is 6.54 Å². The molecule has 0 aliphatic rings. The highest BCUT2D eigenvalue weighted by Gasteiger charge is 2.23. The molecule has 5 rings (SSSR count). The Bertz CT molecular complexity index is 1480. The maximum absolute atomic E-state index is 5.12. The number of hydrogen-bond donors (Lipinski definition) is 1. The normalized spacial score (nSPS) is 11.6. The van der Waals surface area contributed by atoms with Crippen molar-refractivity contribution >= 4 is 34.6 Å². The molecule has 0 saturated carbocycles. The number of aromatic nitrogens is 8. The first kappa shape index (κ1) is 24.5. The average Bonchev–Trinajstić information content (AvgIpc) is 3.55. The first-order valence-electron chi connectivity index (χ1n) is 12.1. The number of aromatic amines is 1. The second-order valence-corrected chi connectivity index (χ2v) is 11.0. The molecule has 0 aliphatic heterocycles. The summed E-state index contributed by atoms with van der Waals surface area (Å²) in [5.74, 6) is 3.70. The number of nitrogens with one attached hydrogen (secondary N) is 1. The van der Waals surface area contributed by atoms with Crippen LogP contribution < -0.4 is 0 Å². The van der Waals surface area contributed by atoms with Gasteiger partial charge >= 0.3 is 0 Å². The van der Waals surface area contributed by atoms with Gasteiger partial charge in [0.2, 0.25) is 5.82 Å². The molecule has 2 aromatic carbocycles. The fourth-order valence-corrected chi connectivity index (χ4v) is 5.74. The van der Waals surface area contributed by atoms with Gasteiger partial charge < -0.3 is 4.57 Å². The summed E-state index contributed by atoms with van der Waals surface area (Å²) >= 11 is 3.40. The lowest BCUT2D eigenvalue weighted by Crippen LogP contribution is -2.09. The van der Waals surface area contributed by atoms with Gasteiger partial charge in [-0.25, -0.2) is 4.98 Å². The van der Waals surface area contributed by atoms with Crippen molar-refractivity contribution < 1.29 is 0 Å². The lowest BCUT2D eigenvalue weighted by molar-refractivity contribution is 0.679. The number of benzene rings is 2. The standard InChI is InChI=1S/C26H28N8S2/c1-5-35-25-21-22(26(31-30-25)36-6-2)34(24(27-21)16(3)4)15-17-11-7-8-12-18(17)19-13-9-10-14-20(19)23-28-32-33-29-23/h7-14,16H,5-6,15H2,1-4H3,(H,28,29,32,33). The van der Waals surface area contributed by atoms with E-state index in [0.29, 0.717) is 12.4 Å². The lowest BCUT2D eigenvalue weighted by Gasteiger charge is -2.17. The van der Waals surface area contributed by atoms with E-state index in [1.54, 1.807) is 23.5 Å². The second kappa shape index (κ2) is 10.8. The minimum absolute atomic E-state index is 0.245. The fourth-order valence-electron chi connectivity index (χ4n) is 4.37. The molecule has 3 heterocycles. The van der Waals surface area contributed by atoms with Crippen molar-refractivity contribution in [1.82, 2.24) is 40.4 Å². The van der Waals surface area contributed by atoms with Gasteiger partial charge in [-0.15, -0.1) is 43.9 Å². The van der Waals surface area contributed by atoms with Gasteiger partial charge in [0.05, 0.1) is 6.54 Å². The molecule has 5 aromatic rings. The van der Waals surface area contributed by atoms with Crippen molar-refractivity contribution in [3.8, 4) is 22.5 Å². The number of rotatable bonds is 9. The Kier molecular flexibility index (Phi) is 7.33. The minimum Gasteiger partial charge on any atom is -0.321 e. The molecule has 0 radical (unpaired) electrons. The van der Waals surface area contributed by atoms with Crippen molar-refractivity contribution in [1.29, 1.82) is 0 Å². The van der Waals surface area contributed by atoms with E-state index in [-0.39, 0.29) is 5.92 Å². The number of imidazole rings is 1. The van der Waals surface area contributed by atoms with Crippen molar-refractivity contribution in [3.05, 3.63) is 59.9 Å². The zero-order valence-electron chi connectivity index (χ0n) is 20.8. The summed E-state index contributed by atoms with van der Waals surface area (Å²) in [5.41, 5.74) is 6.33. The molecule has 0 bridgehead atoms. The van der Waals surface area contributed by atoms with Crippen LogP contribution in [0.3, 0.4) is 0 Å². The van der Waals surface area contributed by atoms with Gasteiger partial charge in [0.15, 0.2) is 0 Å². The predicted molar refractivity (Wildman–Crippen MR) is 146 cm³/mol. The highest BCUT2D eigenvalue weighted by atomic mass is 32.2. The fraction of sp³-hybridized carbons (Fsp3) is 0.308. The third-order valence-corrected chi connectivity index (χ3v) is 7.54. The highest BCUT2D eigenvalue weighted by Crippen LogP contribution is 2.36. The van der Waals surface area contributed by atoms with Crippen molar-refractivity contribution in [2.45, 2.75) is 50.2 Å². The van der Waals surface area contributed by atoms with Crippen LogP contribution in [0.1, 0.15) is 45.0 Å². The molecular formula is C26H28N8S2. The minimum atomic E-state index is 0.245.